The van der Waals surface area contributed by atoms with Gasteiger partial charge in [-0.15, -0.1) is 0 Å². The lowest BCUT2D eigenvalue weighted by Crippen LogP contribution is -2.30. The zero-order valence-corrected chi connectivity index (χ0v) is 11.6. The van der Waals surface area contributed by atoms with Gasteiger partial charge in [0.1, 0.15) is 11.5 Å². The molecule has 2 nitrogen and oxygen atoms in total. The van der Waals surface area contributed by atoms with Gasteiger partial charge in [-0.3, -0.25) is 4.99 Å². The summed E-state index contributed by atoms with van der Waals surface area (Å²) in [5.74, 6) is 0.106. The molecule has 18 heavy (non-hydrogen) atoms. The van der Waals surface area contributed by atoms with Gasteiger partial charge in [0.05, 0.1) is 0 Å². The van der Waals surface area contributed by atoms with Gasteiger partial charge < -0.3 is 5.32 Å². The lowest BCUT2D eigenvalue weighted by atomic mass is 10.2. The third kappa shape index (κ3) is 9.93. The fraction of sp³-hybridized carbons (Fsp3) is 0.615. The third-order valence-electron chi connectivity index (χ3n) is 1.64. The quantitative estimate of drug-likeness (QED) is 0.588. The Morgan fingerprint density at radius 2 is 1.78 bits per heavy atom. The van der Waals surface area contributed by atoms with Gasteiger partial charge in [-0.25, -0.2) is 0 Å². The van der Waals surface area contributed by atoms with Crippen molar-refractivity contribution in [2.45, 2.75) is 46.2 Å². The summed E-state index contributed by atoms with van der Waals surface area (Å²) < 4.78 is 37.4. The van der Waals surface area contributed by atoms with Crippen LogP contribution in [0.25, 0.3) is 0 Å². The number of aliphatic imine (C=N–C) groups is 1. The highest BCUT2D eigenvalue weighted by molar-refractivity contribution is 5.93. The largest absolute Gasteiger partial charge is 0.430 e. The van der Waals surface area contributed by atoms with E-state index >= 15 is 0 Å². The Morgan fingerprint density at radius 1 is 1.28 bits per heavy atom. The van der Waals surface area contributed by atoms with Crippen molar-refractivity contribution in [3.05, 3.63) is 24.4 Å². The van der Waals surface area contributed by atoms with Crippen LogP contribution in [0, 0.1) is 0 Å². The van der Waals surface area contributed by atoms with Gasteiger partial charge in [-0.1, -0.05) is 46.3 Å². The molecule has 0 aliphatic rings. The average molecular weight is 264 g/mol. The van der Waals surface area contributed by atoms with Crippen LogP contribution in [0.15, 0.2) is 29.4 Å². The van der Waals surface area contributed by atoms with Gasteiger partial charge in [0.15, 0.2) is 0 Å². The number of nitrogens with zero attached hydrogens (tertiary/aromatic N) is 1. The van der Waals surface area contributed by atoms with Crippen molar-refractivity contribution in [1.82, 2.24) is 5.32 Å². The first-order chi connectivity index (χ1) is 8.37. The summed E-state index contributed by atoms with van der Waals surface area (Å²) in [6, 6.07) is 0. The van der Waals surface area contributed by atoms with Gasteiger partial charge in [-0.05, 0) is 12.5 Å². The fourth-order valence-electron chi connectivity index (χ4n) is 0.862. The molecule has 0 atom stereocenters. The molecule has 0 unspecified atom stereocenters. The van der Waals surface area contributed by atoms with E-state index in [2.05, 4.69) is 30.7 Å². The number of alkyl halides is 3. The summed E-state index contributed by atoms with van der Waals surface area (Å²) in [6.07, 6.45) is 0.262. The number of halogens is 3. The van der Waals surface area contributed by atoms with Crippen molar-refractivity contribution in [3.8, 4) is 0 Å². The van der Waals surface area contributed by atoms with Gasteiger partial charge in [0.2, 0.25) is 0 Å². The summed E-state index contributed by atoms with van der Waals surface area (Å²) >= 11 is 0. The van der Waals surface area contributed by atoms with E-state index in [9.17, 15) is 13.2 Å². The lowest BCUT2D eigenvalue weighted by molar-refractivity contribution is -0.0951. The number of hydrogen-bond acceptors (Lipinski definition) is 1. The molecule has 0 heterocycles. The second-order valence-electron chi connectivity index (χ2n) is 3.55. The summed E-state index contributed by atoms with van der Waals surface area (Å²) in [5, 5.41) is 2.20. The van der Waals surface area contributed by atoms with Gasteiger partial charge >= 0.3 is 6.18 Å². The fourth-order valence-corrected chi connectivity index (χ4v) is 0.862. The molecule has 0 fully saturated rings. The Morgan fingerprint density at radius 3 is 2.06 bits per heavy atom. The van der Waals surface area contributed by atoms with E-state index in [0.29, 0.717) is 12.8 Å². The third-order valence-corrected chi connectivity index (χ3v) is 1.64. The normalized spacial score (nSPS) is 12.6. The minimum absolute atomic E-state index is 0.106. The van der Waals surface area contributed by atoms with Crippen LogP contribution >= 0.6 is 0 Å². The van der Waals surface area contributed by atoms with E-state index in [4.69, 9.17) is 0 Å². The van der Waals surface area contributed by atoms with Crippen LogP contribution in [0.1, 0.15) is 40.0 Å². The van der Waals surface area contributed by atoms with E-state index in [1.54, 1.807) is 0 Å². The van der Waals surface area contributed by atoms with E-state index in [1.807, 2.05) is 6.92 Å². The van der Waals surface area contributed by atoms with Crippen molar-refractivity contribution in [2.24, 2.45) is 4.99 Å². The maximum Gasteiger partial charge on any atom is 0.430 e. The Balaban J connectivity index is 0. The molecular formula is C13H23F3N2. The Bertz CT molecular complexity index is 278. The summed E-state index contributed by atoms with van der Waals surface area (Å²) in [4.78, 5) is 3.61. The first-order valence-electron chi connectivity index (χ1n) is 6.00. The van der Waals surface area contributed by atoms with Crippen LogP contribution in [0.3, 0.4) is 0 Å². The predicted molar refractivity (Wildman–Crippen MR) is 71.7 cm³/mol. The van der Waals surface area contributed by atoms with Gasteiger partial charge in [0.25, 0.3) is 0 Å². The van der Waals surface area contributed by atoms with Crippen molar-refractivity contribution >= 4 is 5.84 Å². The van der Waals surface area contributed by atoms with Crippen LogP contribution < -0.4 is 5.32 Å². The first kappa shape index (κ1) is 19.1. The van der Waals surface area contributed by atoms with E-state index in [1.165, 1.54) is 19.5 Å². The molecular weight excluding hydrogens is 241 g/mol. The minimum atomic E-state index is -4.38. The monoisotopic (exact) mass is 264 g/mol. The highest BCUT2D eigenvalue weighted by atomic mass is 19.4. The van der Waals surface area contributed by atoms with Crippen LogP contribution in [-0.2, 0) is 0 Å². The molecule has 1 N–H and O–H groups in total. The Labute approximate surface area is 108 Å². The number of unbranched alkanes of at least 4 members (excludes halogenated alkanes) is 1. The standard InChI is InChI=1S/C10H15F3N2.C3H8/c1-4-6-7-8(10(11,12)13)15-9(5-2)14-3;1-3-2/h5,7H,2,4,6H2,1,3H3,(H,14,15);3H2,1-2H3/b8-7-;. The molecule has 0 spiro atoms. The van der Waals surface area contributed by atoms with Crippen LogP contribution in [0.4, 0.5) is 13.2 Å². The molecule has 0 aromatic carbocycles. The summed E-state index contributed by atoms with van der Waals surface area (Å²) in [5.41, 5.74) is -0.787. The molecule has 0 bridgehead atoms. The molecule has 0 amide bonds. The van der Waals surface area contributed by atoms with Crippen LogP contribution in [0.5, 0.6) is 0 Å². The topological polar surface area (TPSA) is 24.4 Å². The highest BCUT2D eigenvalue weighted by Gasteiger charge is 2.33. The Hall–Kier alpha value is -1.26. The van der Waals surface area contributed by atoms with Crippen LogP contribution in [0.2, 0.25) is 0 Å². The lowest BCUT2D eigenvalue weighted by Gasteiger charge is -2.13. The zero-order chi connectivity index (χ0) is 14.6. The molecule has 106 valence electrons. The van der Waals surface area contributed by atoms with E-state index < -0.39 is 11.9 Å². The SMILES string of the molecule is C=CC(=NC)N/C(=C\CCC)C(F)(F)F.CCC. The molecule has 0 saturated carbocycles. The molecule has 0 aromatic rings. The molecule has 0 radical (unpaired) electrons. The van der Waals surface area contributed by atoms with Crippen LogP contribution in [-0.4, -0.2) is 19.1 Å². The van der Waals surface area contributed by atoms with Crippen molar-refractivity contribution < 1.29 is 13.2 Å². The predicted octanol–water partition coefficient (Wildman–Crippen LogP) is 4.45. The molecule has 0 aliphatic carbocycles. The van der Waals surface area contributed by atoms with Gasteiger partial charge in [-0.2, -0.15) is 13.2 Å². The summed E-state index contributed by atoms with van der Waals surface area (Å²) in [6.45, 7) is 9.42. The molecule has 0 rings (SSSR count). The molecule has 0 aliphatic heterocycles. The van der Waals surface area contributed by atoms with Crippen molar-refractivity contribution in [1.29, 1.82) is 0 Å². The first-order valence-corrected chi connectivity index (χ1v) is 6.00. The molecule has 0 saturated heterocycles. The second kappa shape index (κ2) is 10.9. The number of amidine groups is 1. The molecule has 0 aromatic heterocycles. The summed E-state index contributed by atoms with van der Waals surface area (Å²) in [7, 11) is 1.40. The van der Waals surface area contributed by atoms with Crippen molar-refractivity contribution in [2.75, 3.05) is 7.05 Å². The second-order valence-corrected chi connectivity index (χ2v) is 3.55. The number of rotatable bonds is 4. The molecule has 5 heteroatoms. The smallest absolute Gasteiger partial charge is 0.337 e. The minimum Gasteiger partial charge on any atom is -0.337 e. The average Bonchev–Trinajstić information content (AvgIpc) is 2.29. The number of allylic oxidation sites excluding steroid dienone is 2. The Kier molecular flexibility index (Phi) is 11.5. The van der Waals surface area contributed by atoms with E-state index in [-0.39, 0.29) is 5.84 Å². The number of nitrogens with one attached hydrogen (secondary N) is 1. The highest BCUT2D eigenvalue weighted by Crippen LogP contribution is 2.24. The van der Waals surface area contributed by atoms with Crippen molar-refractivity contribution in [3.63, 3.8) is 0 Å². The van der Waals surface area contributed by atoms with Gasteiger partial charge in [0, 0.05) is 7.05 Å². The van der Waals surface area contributed by atoms with E-state index in [0.717, 1.165) is 6.08 Å². The zero-order valence-electron chi connectivity index (χ0n) is 11.6. The number of hydrogen-bond donors (Lipinski definition) is 1. The maximum atomic E-state index is 12.5. The maximum absolute atomic E-state index is 12.5.